The van der Waals surface area contributed by atoms with E-state index in [9.17, 15) is 0 Å². The van der Waals surface area contributed by atoms with Crippen molar-refractivity contribution in [2.75, 3.05) is 11.5 Å². The minimum absolute atomic E-state index is 0.783. The van der Waals surface area contributed by atoms with Crippen molar-refractivity contribution in [3.05, 3.63) is 0 Å². The summed E-state index contributed by atoms with van der Waals surface area (Å²) in [5.74, 6) is 1.57. The van der Waals surface area contributed by atoms with Gasteiger partial charge in [-0.05, 0) is 24.3 Å². The number of hydrogen-bond donors (Lipinski definition) is 2. The number of thiocarbonyl (C=S) groups is 2. The molecule has 0 fully saturated rings. The van der Waals surface area contributed by atoms with Crippen LogP contribution in [0.2, 0.25) is 0 Å². The first-order valence-corrected chi connectivity index (χ1v) is 5.08. The standard InChI is InChI=1S/C6H10S4/c7-3-1-5(9)6(10)2-4-8/h7-8H,1-4H2. The van der Waals surface area contributed by atoms with Crippen LogP contribution in [0, 0.1) is 0 Å². The quantitative estimate of drug-likeness (QED) is 0.528. The minimum atomic E-state index is 0.783. The van der Waals surface area contributed by atoms with Gasteiger partial charge in [0.15, 0.2) is 0 Å². The summed E-state index contributed by atoms with van der Waals surface area (Å²) in [6, 6.07) is 0. The first-order chi connectivity index (χ1) is 4.72. The van der Waals surface area contributed by atoms with Crippen LogP contribution in [0.15, 0.2) is 0 Å². The van der Waals surface area contributed by atoms with Gasteiger partial charge >= 0.3 is 0 Å². The van der Waals surface area contributed by atoms with Gasteiger partial charge in [-0.1, -0.05) is 24.4 Å². The predicted molar refractivity (Wildman–Crippen MR) is 62.1 cm³/mol. The maximum atomic E-state index is 5.02. The lowest BCUT2D eigenvalue weighted by Gasteiger charge is -2.00. The second-order valence-electron chi connectivity index (χ2n) is 1.79. The van der Waals surface area contributed by atoms with Gasteiger partial charge in [-0.2, -0.15) is 25.3 Å². The molecular weight excluding hydrogens is 200 g/mol. The highest BCUT2D eigenvalue weighted by Crippen LogP contribution is 1.98. The van der Waals surface area contributed by atoms with Gasteiger partial charge in [-0.15, -0.1) is 0 Å². The van der Waals surface area contributed by atoms with Crippen molar-refractivity contribution in [1.82, 2.24) is 0 Å². The van der Waals surface area contributed by atoms with Gasteiger partial charge in [0.2, 0.25) is 0 Å². The normalized spacial score (nSPS) is 9.40. The lowest BCUT2D eigenvalue weighted by atomic mass is 10.2. The maximum Gasteiger partial charge on any atom is 0.0299 e. The highest BCUT2D eigenvalue weighted by molar-refractivity contribution is 7.89. The van der Waals surface area contributed by atoms with Crippen molar-refractivity contribution in [2.24, 2.45) is 0 Å². The van der Waals surface area contributed by atoms with Gasteiger partial charge in [0.05, 0.1) is 0 Å². The van der Waals surface area contributed by atoms with Gasteiger partial charge < -0.3 is 0 Å². The van der Waals surface area contributed by atoms with Crippen LogP contribution in [0.25, 0.3) is 0 Å². The van der Waals surface area contributed by atoms with Gasteiger partial charge in [0.25, 0.3) is 0 Å². The van der Waals surface area contributed by atoms with Crippen molar-refractivity contribution in [3.8, 4) is 0 Å². The van der Waals surface area contributed by atoms with Crippen molar-refractivity contribution >= 4 is 59.4 Å². The monoisotopic (exact) mass is 210 g/mol. The van der Waals surface area contributed by atoms with Crippen molar-refractivity contribution in [1.29, 1.82) is 0 Å². The van der Waals surface area contributed by atoms with Crippen LogP contribution in [0.3, 0.4) is 0 Å². The number of rotatable bonds is 5. The van der Waals surface area contributed by atoms with Gasteiger partial charge in [0, 0.05) is 9.73 Å². The number of hydrogen-bond acceptors (Lipinski definition) is 4. The summed E-state index contributed by atoms with van der Waals surface area (Å²) in [7, 11) is 0. The SMILES string of the molecule is S=C(CCS)C(=S)CCS. The maximum absolute atomic E-state index is 5.02. The summed E-state index contributed by atoms with van der Waals surface area (Å²) in [5.41, 5.74) is 0. The Labute approximate surface area is 83.6 Å². The van der Waals surface area contributed by atoms with E-state index in [2.05, 4.69) is 25.3 Å². The van der Waals surface area contributed by atoms with Crippen LogP contribution in [0.1, 0.15) is 12.8 Å². The van der Waals surface area contributed by atoms with E-state index in [0.717, 1.165) is 34.1 Å². The summed E-state index contributed by atoms with van der Waals surface area (Å²) >= 11 is 18.1. The molecule has 0 aromatic heterocycles. The molecule has 58 valence electrons. The zero-order valence-corrected chi connectivity index (χ0v) is 8.96. The van der Waals surface area contributed by atoms with Gasteiger partial charge in [-0.25, -0.2) is 0 Å². The third-order valence-electron chi connectivity index (χ3n) is 0.989. The van der Waals surface area contributed by atoms with Crippen molar-refractivity contribution in [3.63, 3.8) is 0 Å². The molecule has 0 atom stereocenters. The average molecular weight is 210 g/mol. The molecule has 0 N–H and O–H groups in total. The molecule has 10 heavy (non-hydrogen) atoms. The van der Waals surface area contributed by atoms with E-state index in [1.54, 1.807) is 0 Å². The largest absolute Gasteiger partial charge is 0.179 e. The molecular formula is C6H10S4. The molecule has 0 bridgehead atoms. The Morgan fingerprint density at radius 1 is 0.900 bits per heavy atom. The molecule has 0 aromatic rings. The molecule has 0 aliphatic carbocycles. The molecule has 4 heteroatoms. The van der Waals surface area contributed by atoms with E-state index in [-0.39, 0.29) is 0 Å². The zero-order chi connectivity index (χ0) is 7.98. The van der Waals surface area contributed by atoms with Crippen LogP contribution in [0.4, 0.5) is 0 Å². The second-order valence-corrected chi connectivity index (χ2v) is 3.67. The first kappa shape index (κ1) is 10.9. The van der Waals surface area contributed by atoms with E-state index in [1.807, 2.05) is 0 Å². The van der Waals surface area contributed by atoms with Crippen LogP contribution >= 0.6 is 49.7 Å². The Bertz CT molecular complexity index is 114. The summed E-state index contributed by atoms with van der Waals surface area (Å²) in [6.07, 6.45) is 1.65. The second kappa shape index (κ2) is 6.58. The summed E-state index contributed by atoms with van der Waals surface area (Å²) in [6.45, 7) is 0. The number of thiol groups is 2. The highest BCUT2D eigenvalue weighted by Gasteiger charge is 2.01. The molecule has 0 aliphatic heterocycles. The molecule has 0 radical (unpaired) electrons. The molecule has 0 saturated carbocycles. The van der Waals surface area contributed by atoms with E-state index in [0.29, 0.717) is 0 Å². The third-order valence-corrected chi connectivity index (χ3v) is 2.47. The first-order valence-electron chi connectivity index (χ1n) is 3.00. The molecule has 0 spiro atoms. The highest BCUT2D eigenvalue weighted by atomic mass is 32.1. The third kappa shape index (κ3) is 4.66. The molecule has 0 amide bonds. The topological polar surface area (TPSA) is 0 Å². The molecule has 0 rings (SSSR count). The van der Waals surface area contributed by atoms with Crippen LogP contribution in [-0.4, -0.2) is 21.2 Å². The Morgan fingerprint density at radius 3 is 1.40 bits per heavy atom. The van der Waals surface area contributed by atoms with Crippen molar-refractivity contribution < 1.29 is 0 Å². The molecule has 0 aliphatic rings. The van der Waals surface area contributed by atoms with E-state index in [1.165, 1.54) is 0 Å². The van der Waals surface area contributed by atoms with Gasteiger partial charge in [0.1, 0.15) is 0 Å². The fourth-order valence-electron chi connectivity index (χ4n) is 0.482. The van der Waals surface area contributed by atoms with Crippen molar-refractivity contribution in [2.45, 2.75) is 12.8 Å². The smallest absolute Gasteiger partial charge is 0.0299 e. The molecule has 0 nitrogen and oxygen atoms in total. The fourth-order valence-corrected chi connectivity index (χ4v) is 1.64. The van der Waals surface area contributed by atoms with Crippen LogP contribution in [-0.2, 0) is 0 Å². The summed E-state index contributed by atoms with van der Waals surface area (Å²) in [4.78, 5) is 1.75. The van der Waals surface area contributed by atoms with Crippen LogP contribution < -0.4 is 0 Å². The average Bonchev–Trinajstić information content (AvgIpc) is 1.89. The fraction of sp³-hybridized carbons (Fsp3) is 0.667. The zero-order valence-electron chi connectivity index (χ0n) is 5.54. The molecule has 0 saturated heterocycles. The Hall–Kier alpha value is 0.880. The van der Waals surface area contributed by atoms with E-state index in [4.69, 9.17) is 24.4 Å². The van der Waals surface area contributed by atoms with E-state index < -0.39 is 0 Å². The lowest BCUT2D eigenvalue weighted by Crippen LogP contribution is -2.09. The summed E-state index contributed by atoms with van der Waals surface area (Å²) < 4.78 is 0. The predicted octanol–water partition coefficient (Wildman–Crippen LogP) is 2.37. The van der Waals surface area contributed by atoms with E-state index >= 15 is 0 Å². The summed E-state index contributed by atoms with van der Waals surface area (Å²) in [5, 5.41) is 0. The molecule has 0 unspecified atom stereocenters. The van der Waals surface area contributed by atoms with Gasteiger partial charge in [-0.3, -0.25) is 0 Å². The molecule has 0 heterocycles. The Balaban J connectivity index is 3.60. The Kier molecular flexibility index (Phi) is 7.16. The molecule has 0 aromatic carbocycles. The lowest BCUT2D eigenvalue weighted by molar-refractivity contribution is 1.33. The minimum Gasteiger partial charge on any atom is -0.179 e. The van der Waals surface area contributed by atoms with Crippen LogP contribution in [0.5, 0.6) is 0 Å². The Morgan fingerprint density at radius 2 is 1.20 bits per heavy atom.